The highest BCUT2D eigenvalue weighted by atomic mass is 16.5. The van der Waals surface area contributed by atoms with Crippen molar-refractivity contribution in [3.63, 3.8) is 0 Å². The van der Waals surface area contributed by atoms with Crippen molar-refractivity contribution in [2.24, 2.45) is 13.0 Å². The van der Waals surface area contributed by atoms with Crippen LogP contribution in [-0.4, -0.2) is 55.0 Å². The van der Waals surface area contributed by atoms with Gasteiger partial charge in [0.2, 0.25) is 0 Å². The Labute approximate surface area is 220 Å². The summed E-state index contributed by atoms with van der Waals surface area (Å²) < 4.78 is 12.8. The number of hydrogen-bond acceptors (Lipinski definition) is 6. The largest absolute Gasteiger partial charge is 0.496 e. The summed E-state index contributed by atoms with van der Waals surface area (Å²) in [6, 6.07) is 4.03. The number of aryl methyl sites for hydroxylation is 1. The number of carboxylic acid groups (broad SMARTS) is 1. The van der Waals surface area contributed by atoms with Crippen LogP contribution in [0.3, 0.4) is 0 Å². The van der Waals surface area contributed by atoms with Gasteiger partial charge in [-0.15, -0.1) is 0 Å². The standard InChI is InChI=1S/C21H27N3O3.C8H16O2/c1-7-14-18(26-5)8-13(9-19(14)27-6)17-12-24(4)21(25)16-11-22-20(23(2)3)10-15(16)17;1-3-5-6-7(4-2)8(9)10/h8-12,20,22H,7H2,1-6H3;7H,3-6H2,1-2H3,(H,9,10). The van der Waals surface area contributed by atoms with Crippen LogP contribution in [0, 0.1) is 5.92 Å². The number of methoxy groups -OCH3 is 2. The van der Waals surface area contributed by atoms with E-state index >= 15 is 0 Å². The van der Waals surface area contributed by atoms with Gasteiger partial charge in [-0.05, 0) is 62.3 Å². The molecule has 1 aromatic heterocycles. The molecule has 2 N–H and O–H groups in total. The van der Waals surface area contributed by atoms with E-state index in [1.54, 1.807) is 32.0 Å². The zero-order chi connectivity index (χ0) is 27.7. The van der Waals surface area contributed by atoms with Crippen LogP contribution in [0.4, 0.5) is 0 Å². The van der Waals surface area contributed by atoms with Crippen molar-refractivity contribution in [2.45, 2.75) is 59.0 Å². The number of nitrogens with one attached hydrogen (secondary N) is 1. The summed E-state index contributed by atoms with van der Waals surface area (Å²) >= 11 is 0. The molecule has 8 heteroatoms. The lowest BCUT2D eigenvalue weighted by atomic mass is 9.98. The van der Waals surface area contributed by atoms with Gasteiger partial charge in [0.1, 0.15) is 11.5 Å². The first-order valence-corrected chi connectivity index (χ1v) is 12.9. The van der Waals surface area contributed by atoms with Crippen LogP contribution in [0.1, 0.15) is 52.0 Å². The molecule has 1 aliphatic rings. The van der Waals surface area contributed by atoms with Gasteiger partial charge < -0.3 is 24.5 Å². The molecule has 1 aliphatic heterocycles. The molecule has 0 amide bonds. The number of aromatic nitrogens is 1. The van der Waals surface area contributed by atoms with Gasteiger partial charge in [0.15, 0.2) is 0 Å². The van der Waals surface area contributed by atoms with Crippen molar-refractivity contribution < 1.29 is 19.4 Å². The predicted octanol–water partition coefficient (Wildman–Crippen LogP) is 2.93. The van der Waals surface area contributed by atoms with Crippen molar-refractivity contribution >= 4 is 18.2 Å². The predicted molar refractivity (Wildman–Crippen MR) is 149 cm³/mol. The molecule has 1 aromatic carbocycles. The van der Waals surface area contributed by atoms with Crippen LogP contribution in [0.2, 0.25) is 0 Å². The first kappa shape index (κ1) is 30.0. The Morgan fingerprint density at radius 2 is 1.76 bits per heavy atom. The van der Waals surface area contributed by atoms with Crippen molar-refractivity contribution in [3.05, 3.63) is 44.7 Å². The molecule has 2 heterocycles. The van der Waals surface area contributed by atoms with Gasteiger partial charge in [0, 0.05) is 30.6 Å². The fourth-order valence-electron chi connectivity index (χ4n) is 4.43. The summed E-state index contributed by atoms with van der Waals surface area (Å²) in [6.45, 7) is 6.08. The van der Waals surface area contributed by atoms with E-state index in [1.165, 1.54) is 0 Å². The average Bonchev–Trinajstić information content (AvgIpc) is 2.90. The smallest absolute Gasteiger partial charge is 0.306 e. The number of carboxylic acids is 1. The fraction of sp³-hybridized carbons (Fsp3) is 0.517. The third kappa shape index (κ3) is 7.16. The summed E-state index contributed by atoms with van der Waals surface area (Å²) in [5.74, 6) is 0.823. The van der Waals surface area contributed by atoms with Gasteiger partial charge in [-0.1, -0.05) is 33.6 Å². The lowest BCUT2D eigenvalue weighted by molar-refractivity contribution is -0.142. The van der Waals surface area contributed by atoms with Crippen molar-refractivity contribution in [1.29, 1.82) is 0 Å². The summed E-state index contributed by atoms with van der Waals surface area (Å²) in [6.07, 6.45) is 10.3. The number of hydrogen-bond donors (Lipinski definition) is 2. The molecule has 3 rings (SSSR count). The molecule has 2 aromatic rings. The molecule has 0 spiro atoms. The Bertz CT molecular complexity index is 1220. The van der Waals surface area contributed by atoms with Crippen LogP contribution in [0.25, 0.3) is 23.4 Å². The fourth-order valence-corrected chi connectivity index (χ4v) is 4.43. The SMILES string of the molecule is CCCCC(CC)C(=O)O.CCc1c(OC)cc(-c2cn(C)c(=O)c3c2=CC(N(C)C)NC=3)cc1OC. The summed E-state index contributed by atoms with van der Waals surface area (Å²) in [5.41, 5.74) is 2.93. The number of pyridine rings is 1. The van der Waals surface area contributed by atoms with Crippen LogP contribution in [0.5, 0.6) is 11.5 Å². The summed E-state index contributed by atoms with van der Waals surface area (Å²) in [5, 5.41) is 13.4. The number of nitrogens with zero attached hydrogens (tertiary/aromatic N) is 2. The quantitative estimate of drug-likeness (QED) is 0.505. The highest BCUT2D eigenvalue weighted by Crippen LogP contribution is 2.34. The number of ether oxygens (including phenoxy) is 2. The maximum absolute atomic E-state index is 12.6. The van der Waals surface area contributed by atoms with Crippen molar-refractivity contribution in [1.82, 2.24) is 14.8 Å². The third-order valence-electron chi connectivity index (χ3n) is 6.75. The zero-order valence-corrected chi connectivity index (χ0v) is 23.6. The molecule has 204 valence electrons. The van der Waals surface area contributed by atoms with E-state index in [9.17, 15) is 9.59 Å². The van der Waals surface area contributed by atoms with Crippen molar-refractivity contribution in [3.8, 4) is 22.6 Å². The molecule has 0 fully saturated rings. The second kappa shape index (κ2) is 13.9. The minimum atomic E-state index is -0.643. The van der Waals surface area contributed by atoms with Gasteiger partial charge in [-0.25, -0.2) is 0 Å². The lowest BCUT2D eigenvalue weighted by Gasteiger charge is -2.24. The minimum Gasteiger partial charge on any atom is -0.496 e. The minimum absolute atomic E-state index is 0.0158. The molecule has 0 saturated carbocycles. The highest BCUT2D eigenvalue weighted by molar-refractivity contribution is 5.71. The van der Waals surface area contributed by atoms with Crippen LogP contribution < -0.4 is 30.8 Å². The number of benzene rings is 1. The highest BCUT2D eigenvalue weighted by Gasteiger charge is 2.17. The van der Waals surface area contributed by atoms with Gasteiger partial charge in [-0.2, -0.15) is 0 Å². The molecule has 0 bridgehead atoms. The van der Waals surface area contributed by atoms with E-state index in [4.69, 9.17) is 14.6 Å². The maximum atomic E-state index is 12.6. The Balaban J connectivity index is 0.000000410. The number of rotatable bonds is 10. The lowest BCUT2D eigenvalue weighted by Crippen LogP contribution is -2.53. The topological polar surface area (TPSA) is 93.0 Å². The molecule has 0 aliphatic carbocycles. The summed E-state index contributed by atoms with van der Waals surface area (Å²) in [4.78, 5) is 25.1. The first-order valence-electron chi connectivity index (χ1n) is 12.9. The van der Waals surface area contributed by atoms with E-state index in [-0.39, 0.29) is 17.6 Å². The number of carbonyl (C=O) groups is 1. The number of unbranched alkanes of at least 4 members (excludes halogenated alkanes) is 1. The molecule has 0 radical (unpaired) electrons. The Morgan fingerprint density at radius 3 is 2.22 bits per heavy atom. The van der Waals surface area contributed by atoms with E-state index < -0.39 is 5.97 Å². The molecule has 2 unspecified atom stereocenters. The molecular formula is C29H43N3O5. The normalized spacial score (nSPS) is 14.8. The molecular weight excluding hydrogens is 470 g/mol. The van der Waals surface area contributed by atoms with Crippen LogP contribution in [0.15, 0.2) is 23.1 Å². The molecule has 2 atom stereocenters. The Kier molecular flexibility index (Phi) is 11.2. The van der Waals surface area contributed by atoms with Gasteiger partial charge in [0.25, 0.3) is 5.56 Å². The molecule has 8 nitrogen and oxygen atoms in total. The van der Waals surface area contributed by atoms with Crippen LogP contribution in [-0.2, 0) is 18.3 Å². The monoisotopic (exact) mass is 513 g/mol. The Morgan fingerprint density at radius 1 is 1.14 bits per heavy atom. The third-order valence-corrected chi connectivity index (χ3v) is 6.75. The molecule has 0 saturated heterocycles. The second-order valence-electron chi connectivity index (χ2n) is 9.47. The van der Waals surface area contributed by atoms with Crippen molar-refractivity contribution in [2.75, 3.05) is 28.3 Å². The van der Waals surface area contributed by atoms with Gasteiger partial charge >= 0.3 is 5.97 Å². The molecule has 37 heavy (non-hydrogen) atoms. The van der Waals surface area contributed by atoms with E-state index in [2.05, 4.69) is 30.1 Å². The van der Waals surface area contributed by atoms with E-state index in [0.29, 0.717) is 5.22 Å². The van der Waals surface area contributed by atoms with Crippen LogP contribution >= 0.6 is 0 Å². The summed E-state index contributed by atoms with van der Waals surface area (Å²) in [7, 11) is 9.10. The first-order chi connectivity index (χ1) is 17.6. The zero-order valence-electron chi connectivity index (χ0n) is 23.6. The van der Waals surface area contributed by atoms with Gasteiger partial charge in [0.05, 0.1) is 31.5 Å². The van der Waals surface area contributed by atoms with E-state index in [0.717, 1.165) is 65.5 Å². The number of aliphatic carboxylic acids is 1. The second-order valence-corrected chi connectivity index (χ2v) is 9.47. The Hall–Kier alpha value is -3.26. The van der Waals surface area contributed by atoms with E-state index in [1.807, 2.05) is 39.3 Å². The maximum Gasteiger partial charge on any atom is 0.306 e. The van der Waals surface area contributed by atoms with Gasteiger partial charge in [-0.3, -0.25) is 14.5 Å². The average molecular weight is 514 g/mol. The number of fused-ring (bicyclic) bond motifs is 1.